The number of benzene rings is 3. The van der Waals surface area contributed by atoms with Gasteiger partial charge in [0, 0.05) is 10.8 Å². The molecule has 3 radical (unpaired) electrons. The lowest BCUT2D eigenvalue weighted by molar-refractivity contribution is 0.397. The molecule has 0 aliphatic rings. The molecule has 0 aliphatic heterocycles. The molecule has 0 unspecified atom stereocenters. The summed E-state index contributed by atoms with van der Waals surface area (Å²) in [4.78, 5) is 0. The molecule has 2 heteroatoms. The zero-order valence-corrected chi connectivity index (χ0v) is 12.4. The molecule has 20 heavy (non-hydrogen) atoms. The van der Waals surface area contributed by atoms with Crippen molar-refractivity contribution >= 4 is 37.4 Å². The van der Waals surface area contributed by atoms with Crippen LogP contribution in [-0.4, -0.2) is 16.5 Å². The number of fused-ring (bicyclic) bond motifs is 2. The number of allylic oxidation sites excluding steroid dienone is 1. The Morgan fingerprint density at radius 1 is 0.950 bits per heavy atom. The number of ether oxygens (including phenoxy) is 1. The molecular weight excluding hydrogens is 260 g/mol. The van der Waals surface area contributed by atoms with E-state index in [1.165, 1.54) is 16.3 Å². The van der Waals surface area contributed by atoms with Crippen LogP contribution in [0.5, 0.6) is 5.75 Å². The lowest BCUT2D eigenvalue weighted by Crippen LogP contribution is -1.99. The van der Waals surface area contributed by atoms with Gasteiger partial charge in [-0.2, -0.15) is 0 Å². The zero-order chi connectivity index (χ0) is 14.1. The van der Waals surface area contributed by atoms with E-state index < -0.39 is 0 Å². The van der Waals surface area contributed by atoms with Gasteiger partial charge < -0.3 is 4.74 Å². The van der Waals surface area contributed by atoms with Crippen LogP contribution in [0.2, 0.25) is 0 Å². The third kappa shape index (κ3) is 1.93. The fraction of sp³-hybridized carbons (Fsp3) is 0.111. The largest absolute Gasteiger partial charge is 0.497 e. The molecule has 0 heterocycles. The van der Waals surface area contributed by atoms with E-state index in [0.717, 1.165) is 22.1 Å². The van der Waals surface area contributed by atoms with E-state index in [-0.39, 0.29) is 0 Å². The van der Waals surface area contributed by atoms with Crippen LogP contribution in [0.25, 0.3) is 27.1 Å². The molecule has 3 aromatic rings. The normalized spacial score (nSPS) is 10.9. The minimum atomic E-state index is 0.473. The van der Waals surface area contributed by atoms with Crippen molar-refractivity contribution in [2.75, 3.05) is 6.23 Å². The SMILES string of the molecule is C=C(C)c1c2ccccc2c(OC[Si])c2ccccc12. The van der Waals surface area contributed by atoms with Gasteiger partial charge in [-0.1, -0.05) is 55.1 Å². The van der Waals surface area contributed by atoms with Gasteiger partial charge in [-0.25, -0.2) is 0 Å². The summed E-state index contributed by atoms with van der Waals surface area (Å²) in [7, 11) is 3.41. The van der Waals surface area contributed by atoms with Crippen molar-refractivity contribution in [1.29, 1.82) is 0 Å². The Bertz CT molecular complexity index is 748. The molecule has 0 aliphatic carbocycles. The van der Waals surface area contributed by atoms with Crippen LogP contribution in [0.3, 0.4) is 0 Å². The minimum Gasteiger partial charge on any atom is -0.497 e. The second kappa shape index (κ2) is 5.14. The molecule has 0 spiro atoms. The maximum atomic E-state index is 5.85. The Kier molecular flexibility index (Phi) is 3.33. The summed E-state index contributed by atoms with van der Waals surface area (Å²) < 4.78 is 5.85. The number of rotatable bonds is 3. The van der Waals surface area contributed by atoms with E-state index in [4.69, 9.17) is 4.74 Å². The lowest BCUT2D eigenvalue weighted by Gasteiger charge is -2.16. The quantitative estimate of drug-likeness (QED) is 0.504. The summed E-state index contributed by atoms with van der Waals surface area (Å²) in [6, 6.07) is 16.7. The van der Waals surface area contributed by atoms with Gasteiger partial charge in [0.05, 0.1) is 16.5 Å². The third-order valence-corrected chi connectivity index (χ3v) is 3.67. The lowest BCUT2D eigenvalue weighted by atomic mass is 9.92. The van der Waals surface area contributed by atoms with Gasteiger partial charge in [0.1, 0.15) is 5.75 Å². The summed E-state index contributed by atoms with van der Waals surface area (Å²) >= 11 is 0. The second-order valence-electron chi connectivity index (χ2n) is 4.86. The van der Waals surface area contributed by atoms with Gasteiger partial charge in [-0.3, -0.25) is 0 Å². The van der Waals surface area contributed by atoms with E-state index in [1.54, 1.807) is 0 Å². The second-order valence-corrected chi connectivity index (χ2v) is 5.15. The highest BCUT2D eigenvalue weighted by Gasteiger charge is 2.14. The van der Waals surface area contributed by atoms with Crippen molar-refractivity contribution in [3.8, 4) is 5.75 Å². The Labute approximate surface area is 122 Å². The topological polar surface area (TPSA) is 9.23 Å². The monoisotopic (exact) mass is 275 g/mol. The van der Waals surface area contributed by atoms with Crippen LogP contribution in [-0.2, 0) is 0 Å². The maximum absolute atomic E-state index is 5.85. The Morgan fingerprint density at radius 3 is 1.80 bits per heavy atom. The first-order chi connectivity index (χ1) is 9.74. The zero-order valence-electron chi connectivity index (χ0n) is 11.4. The van der Waals surface area contributed by atoms with Gasteiger partial charge in [-0.15, -0.1) is 0 Å². The van der Waals surface area contributed by atoms with Crippen LogP contribution in [0, 0.1) is 0 Å². The minimum absolute atomic E-state index is 0.473. The molecule has 0 fully saturated rings. The maximum Gasteiger partial charge on any atom is 0.134 e. The summed E-state index contributed by atoms with van der Waals surface area (Å²) in [5, 5.41) is 4.63. The van der Waals surface area contributed by atoms with E-state index in [0.29, 0.717) is 6.23 Å². The molecule has 0 saturated carbocycles. The van der Waals surface area contributed by atoms with E-state index >= 15 is 0 Å². The summed E-state index contributed by atoms with van der Waals surface area (Å²) in [5.41, 5.74) is 2.28. The van der Waals surface area contributed by atoms with Crippen molar-refractivity contribution in [2.24, 2.45) is 0 Å². The summed E-state index contributed by atoms with van der Waals surface area (Å²) in [5.74, 6) is 0.927. The molecular formula is C18H15OSi. The van der Waals surface area contributed by atoms with Gasteiger partial charge in [0.25, 0.3) is 0 Å². The smallest absolute Gasteiger partial charge is 0.134 e. The van der Waals surface area contributed by atoms with Gasteiger partial charge in [-0.05, 0) is 28.8 Å². The fourth-order valence-electron chi connectivity index (χ4n) is 2.78. The van der Waals surface area contributed by atoms with E-state index in [2.05, 4.69) is 60.1 Å². The highest BCUT2D eigenvalue weighted by atomic mass is 28.1. The summed E-state index contributed by atoms with van der Waals surface area (Å²) in [6.07, 6.45) is 0.473. The third-order valence-electron chi connectivity index (χ3n) is 3.53. The summed E-state index contributed by atoms with van der Waals surface area (Å²) in [6.45, 7) is 6.21. The molecule has 3 rings (SSSR count). The number of hydrogen-bond acceptors (Lipinski definition) is 1. The highest BCUT2D eigenvalue weighted by molar-refractivity contribution is 6.14. The average Bonchev–Trinajstić information content (AvgIpc) is 2.47. The standard InChI is InChI=1S/C18H15OSi/c1-12(2)17-13-7-3-5-9-15(13)18(19-11-20)16-10-6-4-8-14(16)17/h3-10H,1,11H2,2H3. The van der Waals surface area contributed by atoms with E-state index in [1.807, 2.05) is 12.1 Å². The van der Waals surface area contributed by atoms with Crippen molar-refractivity contribution in [3.05, 3.63) is 60.7 Å². The molecule has 0 saturated heterocycles. The predicted molar refractivity (Wildman–Crippen MR) is 87.4 cm³/mol. The molecule has 0 atom stereocenters. The van der Waals surface area contributed by atoms with Crippen molar-refractivity contribution in [3.63, 3.8) is 0 Å². The molecule has 0 aromatic heterocycles. The van der Waals surface area contributed by atoms with Crippen molar-refractivity contribution in [1.82, 2.24) is 0 Å². The van der Waals surface area contributed by atoms with Gasteiger partial charge in [0.2, 0.25) is 0 Å². The highest BCUT2D eigenvalue weighted by Crippen LogP contribution is 2.40. The van der Waals surface area contributed by atoms with Crippen LogP contribution in [0.1, 0.15) is 12.5 Å². The van der Waals surface area contributed by atoms with Crippen molar-refractivity contribution < 1.29 is 4.74 Å². The van der Waals surface area contributed by atoms with Crippen LogP contribution >= 0.6 is 0 Å². The first kappa shape index (κ1) is 12.9. The Balaban J connectivity index is 2.58. The van der Waals surface area contributed by atoms with Crippen molar-refractivity contribution in [2.45, 2.75) is 6.92 Å². The fourth-order valence-corrected chi connectivity index (χ4v) is 2.92. The Hall–Kier alpha value is -2.06. The molecule has 3 aromatic carbocycles. The number of hydrogen-bond donors (Lipinski definition) is 0. The molecule has 0 bridgehead atoms. The van der Waals surface area contributed by atoms with Gasteiger partial charge >= 0.3 is 0 Å². The van der Waals surface area contributed by atoms with Crippen LogP contribution in [0.4, 0.5) is 0 Å². The molecule has 0 N–H and O–H groups in total. The van der Waals surface area contributed by atoms with Gasteiger partial charge in [0.15, 0.2) is 0 Å². The average molecular weight is 275 g/mol. The molecule has 0 amide bonds. The van der Waals surface area contributed by atoms with Crippen LogP contribution < -0.4 is 4.74 Å². The van der Waals surface area contributed by atoms with Crippen LogP contribution in [0.15, 0.2) is 55.1 Å². The first-order valence-electron chi connectivity index (χ1n) is 6.60. The first-order valence-corrected chi connectivity index (χ1v) is 7.31. The Morgan fingerprint density at radius 2 is 1.40 bits per heavy atom. The molecule has 97 valence electrons. The predicted octanol–water partition coefficient (Wildman–Crippen LogP) is 4.53. The molecule has 1 nitrogen and oxygen atoms in total. The van der Waals surface area contributed by atoms with E-state index in [9.17, 15) is 0 Å².